The fourth-order valence-corrected chi connectivity index (χ4v) is 4.61. The van der Waals surface area contributed by atoms with Crippen molar-refractivity contribution in [3.8, 4) is 11.5 Å². The number of carbonyl (C=O) groups excluding carboxylic acids is 1. The van der Waals surface area contributed by atoms with Gasteiger partial charge in [0.25, 0.3) is 0 Å². The summed E-state index contributed by atoms with van der Waals surface area (Å²) in [5.41, 5.74) is 0. The highest BCUT2D eigenvalue weighted by atomic mass is 32.2. The number of benzene rings is 1. The lowest BCUT2D eigenvalue weighted by atomic mass is 9.97. The Bertz CT molecular complexity index is 833. The normalized spacial score (nSPS) is 20.0. The first-order valence-corrected chi connectivity index (χ1v) is 11.4. The van der Waals surface area contributed by atoms with Gasteiger partial charge in [0.2, 0.25) is 5.91 Å². The molecule has 2 aliphatic rings. The Hall–Kier alpha value is -2.22. The van der Waals surface area contributed by atoms with E-state index < -0.39 is 0 Å². The van der Waals surface area contributed by atoms with E-state index in [0.29, 0.717) is 35.1 Å². The maximum atomic E-state index is 12.4. The molecule has 0 unspecified atom stereocenters. The summed E-state index contributed by atoms with van der Waals surface area (Å²) in [6.07, 6.45) is 8.15. The summed E-state index contributed by atoms with van der Waals surface area (Å²) in [4.78, 5) is 12.4. The molecule has 1 amide bonds. The first kappa shape index (κ1) is 20.1. The molecule has 1 atom stereocenters. The summed E-state index contributed by atoms with van der Waals surface area (Å²) in [6.45, 7) is 0.385. The number of para-hydroxylation sites is 2. The Kier molecular flexibility index (Phi) is 6.59. The molecule has 1 aromatic heterocycles. The Morgan fingerprint density at radius 3 is 2.66 bits per heavy atom. The van der Waals surface area contributed by atoms with E-state index in [-0.39, 0.29) is 12.0 Å². The number of hydrogen-bond donors (Lipinski definition) is 1. The zero-order chi connectivity index (χ0) is 20.1. The Morgan fingerprint density at radius 1 is 1.14 bits per heavy atom. The molecule has 1 aliphatic heterocycles. The van der Waals surface area contributed by atoms with Gasteiger partial charge in [-0.15, -0.1) is 10.2 Å². The van der Waals surface area contributed by atoms with Gasteiger partial charge in [-0.2, -0.15) is 0 Å². The maximum absolute atomic E-state index is 12.4. The van der Waals surface area contributed by atoms with Crippen molar-refractivity contribution in [1.82, 2.24) is 20.1 Å². The maximum Gasteiger partial charge on any atom is 0.230 e. The van der Waals surface area contributed by atoms with Gasteiger partial charge >= 0.3 is 0 Å². The summed E-state index contributed by atoms with van der Waals surface area (Å²) >= 11 is 1.40. The highest BCUT2D eigenvalue weighted by molar-refractivity contribution is 7.99. The van der Waals surface area contributed by atoms with Crippen molar-refractivity contribution in [3.05, 3.63) is 30.1 Å². The molecule has 29 heavy (non-hydrogen) atoms. The average Bonchev–Trinajstić information content (AvgIpc) is 3.08. The number of carbonyl (C=O) groups is 1. The molecule has 8 heteroatoms. The highest BCUT2D eigenvalue weighted by Crippen LogP contribution is 2.35. The summed E-state index contributed by atoms with van der Waals surface area (Å²) < 4.78 is 13.7. The van der Waals surface area contributed by atoms with E-state index in [1.165, 1.54) is 43.9 Å². The number of nitrogens with one attached hydrogen (secondary N) is 1. The fraction of sp³-hybridized carbons (Fsp3) is 0.571. The van der Waals surface area contributed by atoms with Crippen LogP contribution in [-0.4, -0.2) is 39.1 Å². The van der Waals surface area contributed by atoms with Crippen LogP contribution < -0.4 is 14.8 Å². The largest absolute Gasteiger partial charge is 0.485 e. The van der Waals surface area contributed by atoms with E-state index in [1.807, 2.05) is 35.9 Å². The van der Waals surface area contributed by atoms with E-state index in [0.717, 1.165) is 18.6 Å². The SMILES string of the molecule is Cn1c(SCC(=O)NC2CCCCCCC2)nnc1[C@H]1COc2ccccc2O1. The van der Waals surface area contributed by atoms with Gasteiger partial charge in [0.1, 0.15) is 6.61 Å². The van der Waals surface area contributed by atoms with Crippen molar-refractivity contribution in [3.63, 3.8) is 0 Å². The molecule has 1 N–H and O–H groups in total. The van der Waals surface area contributed by atoms with Gasteiger partial charge in [-0.1, -0.05) is 56.0 Å². The molecular weight excluding hydrogens is 388 g/mol. The minimum Gasteiger partial charge on any atom is -0.485 e. The summed E-state index contributed by atoms with van der Waals surface area (Å²) in [7, 11) is 1.90. The monoisotopic (exact) mass is 416 g/mol. The number of aromatic nitrogens is 3. The van der Waals surface area contributed by atoms with Crippen LogP contribution in [0.2, 0.25) is 0 Å². The van der Waals surface area contributed by atoms with E-state index >= 15 is 0 Å². The number of ether oxygens (including phenoxy) is 2. The molecule has 4 rings (SSSR count). The molecule has 0 bridgehead atoms. The molecule has 0 saturated heterocycles. The molecule has 156 valence electrons. The van der Waals surface area contributed by atoms with Gasteiger partial charge in [0, 0.05) is 13.1 Å². The summed E-state index contributed by atoms with van der Waals surface area (Å²) in [5.74, 6) is 2.55. The quantitative estimate of drug-likeness (QED) is 0.750. The molecular formula is C21H28N4O3S. The minimum absolute atomic E-state index is 0.0660. The number of nitrogens with zero attached hydrogens (tertiary/aromatic N) is 3. The Labute approximate surface area is 175 Å². The first-order valence-electron chi connectivity index (χ1n) is 10.4. The third-order valence-electron chi connectivity index (χ3n) is 5.47. The van der Waals surface area contributed by atoms with E-state index in [9.17, 15) is 4.79 Å². The third kappa shape index (κ3) is 5.04. The lowest BCUT2D eigenvalue weighted by Gasteiger charge is -2.25. The van der Waals surface area contributed by atoms with Crippen LogP contribution in [0.4, 0.5) is 0 Å². The number of amides is 1. The van der Waals surface area contributed by atoms with E-state index in [2.05, 4.69) is 15.5 Å². The minimum atomic E-state index is -0.319. The van der Waals surface area contributed by atoms with Crippen LogP contribution in [0.5, 0.6) is 11.5 Å². The predicted octanol–water partition coefficient (Wildman–Crippen LogP) is 3.65. The molecule has 1 aliphatic carbocycles. The standard InChI is InChI=1S/C21H28N4O3S/c1-25-20(18-13-27-16-11-7-8-12-17(16)28-18)23-24-21(25)29-14-19(26)22-15-9-5-3-2-4-6-10-15/h7-8,11-12,15,18H,2-6,9-10,13-14H2,1H3,(H,22,26)/t18-/m1/s1. The van der Waals surface area contributed by atoms with Crippen LogP contribution in [0, 0.1) is 0 Å². The van der Waals surface area contributed by atoms with Crippen molar-refractivity contribution < 1.29 is 14.3 Å². The van der Waals surface area contributed by atoms with E-state index in [4.69, 9.17) is 9.47 Å². The fourth-order valence-electron chi connectivity index (χ4n) is 3.88. The second-order valence-electron chi connectivity index (χ2n) is 7.66. The van der Waals surface area contributed by atoms with Crippen LogP contribution in [0.15, 0.2) is 29.4 Å². The number of fused-ring (bicyclic) bond motifs is 1. The molecule has 1 aromatic carbocycles. The van der Waals surface area contributed by atoms with Gasteiger partial charge in [-0.25, -0.2) is 0 Å². The number of rotatable bonds is 5. The molecule has 0 spiro atoms. The molecule has 2 aromatic rings. The van der Waals surface area contributed by atoms with Crippen molar-refractivity contribution in [2.24, 2.45) is 7.05 Å². The van der Waals surface area contributed by atoms with Crippen molar-refractivity contribution in [1.29, 1.82) is 0 Å². The lowest BCUT2D eigenvalue weighted by Crippen LogP contribution is -2.36. The summed E-state index contributed by atoms with van der Waals surface area (Å²) in [6, 6.07) is 7.91. The number of thioether (sulfide) groups is 1. The average molecular weight is 417 g/mol. The van der Waals surface area contributed by atoms with Crippen molar-refractivity contribution in [2.45, 2.75) is 62.2 Å². The first-order chi connectivity index (χ1) is 14.2. The van der Waals surface area contributed by atoms with Crippen LogP contribution in [-0.2, 0) is 11.8 Å². The molecule has 0 radical (unpaired) electrons. The van der Waals surface area contributed by atoms with Crippen molar-refractivity contribution in [2.75, 3.05) is 12.4 Å². The zero-order valence-corrected chi connectivity index (χ0v) is 17.6. The van der Waals surface area contributed by atoms with Gasteiger partial charge in [0.05, 0.1) is 5.75 Å². The van der Waals surface area contributed by atoms with Gasteiger partial charge in [-0.05, 0) is 25.0 Å². The van der Waals surface area contributed by atoms with Crippen LogP contribution in [0.3, 0.4) is 0 Å². The molecule has 7 nitrogen and oxygen atoms in total. The summed E-state index contributed by atoms with van der Waals surface area (Å²) in [5, 5.41) is 12.4. The van der Waals surface area contributed by atoms with Gasteiger partial charge in [-0.3, -0.25) is 4.79 Å². The third-order valence-corrected chi connectivity index (χ3v) is 6.49. The van der Waals surface area contributed by atoms with E-state index in [1.54, 1.807) is 0 Å². The second-order valence-corrected chi connectivity index (χ2v) is 8.60. The van der Waals surface area contributed by atoms with Gasteiger partial charge < -0.3 is 19.4 Å². The molecule has 1 saturated carbocycles. The second kappa shape index (κ2) is 9.52. The topological polar surface area (TPSA) is 78.3 Å². The highest BCUT2D eigenvalue weighted by Gasteiger charge is 2.27. The predicted molar refractivity (Wildman–Crippen MR) is 111 cm³/mol. The van der Waals surface area contributed by atoms with Crippen LogP contribution in [0.25, 0.3) is 0 Å². The van der Waals surface area contributed by atoms with Crippen LogP contribution >= 0.6 is 11.8 Å². The molecule has 2 heterocycles. The van der Waals surface area contributed by atoms with Crippen LogP contribution in [0.1, 0.15) is 56.9 Å². The van der Waals surface area contributed by atoms with Gasteiger partial charge in [0.15, 0.2) is 28.6 Å². The smallest absolute Gasteiger partial charge is 0.230 e. The Morgan fingerprint density at radius 2 is 1.86 bits per heavy atom. The lowest BCUT2D eigenvalue weighted by molar-refractivity contribution is -0.119. The van der Waals surface area contributed by atoms with Crippen molar-refractivity contribution >= 4 is 17.7 Å². The number of hydrogen-bond acceptors (Lipinski definition) is 6. The Balaban J connectivity index is 1.31. The zero-order valence-electron chi connectivity index (χ0n) is 16.8. The molecule has 1 fully saturated rings.